The minimum atomic E-state index is -1.82. The highest BCUT2D eigenvalue weighted by Gasteiger charge is 2.81. The average Bonchev–Trinajstić information content (AvgIpc) is 3.65. The van der Waals surface area contributed by atoms with Crippen LogP contribution in [-0.4, -0.2) is 66.5 Å². The first-order valence-corrected chi connectivity index (χ1v) is 16.2. The largest absolute Gasteiger partial charge is 0.394 e. The molecule has 0 aromatic heterocycles. The van der Waals surface area contributed by atoms with Crippen molar-refractivity contribution in [3.8, 4) is 0 Å². The maximum Gasteiger partial charge on any atom is 0.227 e. The summed E-state index contributed by atoms with van der Waals surface area (Å²) < 4.78 is 42.2. The summed E-state index contributed by atoms with van der Waals surface area (Å²) in [6, 6.07) is 8.40. The van der Waals surface area contributed by atoms with E-state index in [0.29, 0.717) is 18.7 Å². The van der Waals surface area contributed by atoms with Gasteiger partial charge in [-0.3, -0.25) is 0 Å². The second-order valence-electron chi connectivity index (χ2n) is 13.5. The number of aliphatic hydroxyl groups excluding tert-OH is 1. The van der Waals surface area contributed by atoms with Crippen LogP contribution in [0.15, 0.2) is 58.1 Å². The maximum absolute atomic E-state index is 17.8. The number of alkyl halides is 1. The molecule has 7 nitrogen and oxygen atoms in total. The van der Waals surface area contributed by atoms with Crippen LogP contribution in [0.2, 0.25) is 0 Å². The predicted molar refractivity (Wildman–Crippen MR) is 158 cm³/mol. The zero-order valence-corrected chi connectivity index (χ0v) is 25.8. The Balaban J connectivity index is 1.10. The number of rotatable bonds is 5. The number of ether oxygens (including phenoxy) is 4. The molecule has 5 fully saturated rings. The molecule has 0 bridgehead atoms. The lowest BCUT2D eigenvalue weighted by Gasteiger charge is -2.63. The van der Waals surface area contributed by atoms with E-state index in [-0.39, 0.29) is 44.4 Å². The molecule has 1 unspecified atom stereocenters. The van der Waals surface area contributed by atoms with Crippen molar-refractivity contribution >= 4 is 17.5 Å². The summed E-state index contributed by atoms with van der Waals surface area (Å²) in [5.41, 5.74) is -1.22. The molecule has 9 heteroatoms. The number of benzene rings is 1. The average molecular weight is 600 g/mol. The number of aryl methyl sites for hydroxylation is 1. The summed E-state index contributed by atoms with van der Waals surface area (Å²) >= 11 is 1.73. The van der Waals surface area contributed by atoms with Gasteiger partial charge in [-0.2, -0.15) is 0 Å². The Morgan fingerprint density at radius 1 is 1.17 bits per heavy atom. The molecule has 3 saturated carbocycles. The van der Waals surface area contributed by atoms with Crippen molar-refractivity contribution in [1.82, 2.24) is 0 Å². The Kier molecular flexibility index (Phi) is 7.00. The van der Waals surface area contributed by atoms with Crippen molar-refractivity contribution < 1.29 is 33.3 Å². The molecule has 1 N–H and O–H groups in total. The number of nitrogens with zero attached hydrogens (tertiary/aromatic N) is 1. The topological polar surface area (TPSA) is 78.7 Å². The van der Waals surface area contributed by atoms with Crippen LogP contribution in [0, 0.1) is 35.5 Å². The van der Waals surface area contributed by atoms with E-state index in [9.17, 15) is 5.11 Å². The summed E-state index contributed by atoms with van der Waals surface area (Å²) in [6.07, 6.45) is 7.01. The minimum absolute atomic E-state index is 0.000232. The van der Waals surface area contributed by atoms with E-state index >= 15 is 4.39 Å². The monoisotopic (exact) mass is 599 g/mol. The molecule has 1 aromatic carbocycles. The van der Waals surface area contributed by atoms with Crippen molar-refractivity contribution in [2.75, 3.05) is 32.6 Å². The van der Waals surface area contributed by atoms with E-state index in [0.717, 1.165) is 24.2 Å². The summed E-state index contributed by atoms with van der Waals surface area (Å²) in [6.45, 7) is 9.37. The van der Waals surface area contributed by atoms with Crippen LogP contribution in [0.4, 0.5) is 4.39 Å². The van der Waals surface area contributed by atoms with E-state index < -0.39 is 34.0 Å². The van der Waals surface area contributed by atoms with Crippen molar-refractivity contribution in [2.45, 2.75) is 81.4 Å². The third-order valence-electron chi connectivity index (χ3n) is 11.6. The van der Waals surface area contributed by atoms with Crippen molar-refractivity contribution in [3.63, 3.8) is 0 Å². The third kappa shape index (κ3) is 3.80. The van der Waals surface area contributed by atoms with Crippen LogP contribution < -0.4 is 0 Å². The molecule has 2 spiro atoms. The lowest BCUT2D eigenvalue weighted by molar-refractivity contribution is -0.277. The first-order chi connectivity index (χ1) is 20.1. The molecule has 9 atom stereocenters. The van der Waals surface area contributed by atoms with E-state index in [1.165, 1.54) is 10.5 Å². The summed E-state index contributed by atoms with van der Waals surface area (Å²) in [5.74, 6) is -0.522. The van der Waals surface area contributed by atoms with E-state index in [1.54, 1.807) is 11.8 Å². The molecular formula is C33H42FNO6S. The number of fused-ring (bicyclic) bond motifs is 7. The maximum atomic E-state index is 17.8. The summed E-state index contributed by atoms with van der Waals surface area (Å²) in [4.78, 5) is 6.86. The minimum Gasteiger partial charge on any atom is -0.394 e. The van der Waals surface area contributed by atoms with E-state index in [1.807, 2.05) is 25.2 Å². The van der Waals surface area contributed by atoms with Crippen molar-refractivity contribution in [3.05, 3.63) is 53.6 Å². The highest BCUT2D eigenvalue weighted by Crippen LogP contribution is 2.74. The fourth-order valence-corrected chi connectivity index (χ4v) is 10.7. The molecule has 2 heterocycles. The fourth-order valence-electron chi connectivity index (χ4n) is 9.82. The van der Waals surface area contributed by atoms with Gasteiger partial charge in [-0.05, 0) is 75.7 Å². The number of thioether (sulfide) groups is 1. The van der Waals surface area contributed by atoms with Gasteiger partial charge >= 0.3 is 0 Å². The van der Waals surface area contributed by atoms with Crippen LogP contribution in [0.3, 0.4) is 0 Å². The van der Waals surface area contributed by atoms with Crippen molar-refractivity contribution in [1.29, 1.82) is 0 Å². The number of halogens is 1. The second-order valence-corrected chi connectivity index (χ2v) is 14.7. The van der Waals surface area contributed by atoms with E-state index in [2.05, 4.69) is 50.2 Å². The zero-order chi connectivity index (χ0) is 29.4. The van der Waals surface area contributed by atoms with Gasteiger partial charge in [0.1, 0.15) is 24.5 Å². The highest BCUT2D eigenvalue weighted by atomic mass is 32.2. The number of hydrogen-bond acceptors (Lipinski definition) is 8. The molecule has 6 aliphatic rings. The Bertz CT molecular complexity index is 1320. The highest BCUT2D eigenvalue weighted by molar-refractivity contribution is 7.99. The Morgan fingerprint density at radius 2 is 2.00 bits per heavy atom. The molecule has 4 aliphatic carbocycles. The van der Waals surface area contributed by atoms with Crippen LogP contribution in [0.25, 0.3) is 0 Å². The van der Waals surface area contributed by atoms with Gasteiger partial charge in [0.25, 0.3) is 0 Å². The zero-order valence-electron chi connectivity index (χ0n) is 24.9. The normalized spacial score (nSPS) is 46.6. The number of allylic oxidation sites excluding steroid dienone is 4. The van der Waals surface area contributed by atoms with Gasteiger partial charge in [-0.15, -0.1) is 11.8 Å². The first-order valence-electron chi connectivity index (χ1n) is 15.3. The van der Waals surface area contributed by atoms with Crippen LogP contribution in [0.5, 0.6) is 0 Å². The van der Waals surface area contributed by atoms with Crippen molar-refractivity contribution in [2.24, 2.45) is 33.7 Å². The number of oxime groups is 1. The van der Waals surface area contributed by atoms with Gasteiger partial charge in [0, 0.05) is 27.4 Å². The SMILES string of the molecule is Cc1cccc(SCCO/N=C2/C=C[C@@]3(C)C(=C2)CC[C@H]2[C@@H]4C[C@H](C)[C@@]5(OCOC56COCO6)[C@@]4(C)C[C@H](O)[C@@]23F)c1. The number of aliphatic hydroxyl groups is 1. The van der Waals surface area contributed by atoms with Gasteiger partial charge in [0.2, 0.25) is 5.79 Å². The van der Waals surface area contributed by atoms with Crippen LogP contribution >= 0.6 is 11.8 Å². The van der Waals surface area contributed by atoms with Gasteiger partial charge in [-0.1, -0.05) is 48.3 Å². The summed E-state index contributed by atoms with van der Waals surface area (Å²) in [5, 5.41) is 16.2. The molecule has 0 radical (unpaired) electrons. The Morgan fingerprint density at radius 3 is 2.79 bits per heavy atom. The molecule has 228 valence electrons. The summed E-state index contributed by atoms with van der Waals surface area (Å²) in [7, 11) is 0. The van der Waals surface area contributed by atoms with Gasteiger partial charge in [0.05, 0.1) is 6.10 Å². The molecular weight excluding hydrogens is 557 g/mol. The van der Waals surface area contributed by atoms with Crippen LogP contribution in [0.1, 0.15) is 52.0 Å². The Hall–Kier alpha value is -1.75. The lowest BCUT2D eigenvalue weighted by atomic mass is 9.44. The van der Waals surface area contributed by atoms with Gasteiger partial charge in [-0.25, -0.2) is 4.39 Å². The Labute approximate surface area is 251 Å². The second kappa shape index (κ2) is 10.1. The molecule has 42 heavy (non-hydrogen) atoms. The smallest absolute Gasteiger partial charge is 0.227 e. The fraction of sp³-hybridized carbons (Fsp3) is 0.667. The van der Waals surface area contributed by atoms with Gasteiger partial charge < -0.3 is 28.9 Å². The standard InChI is InChI=1S/C33H42FNO6S/c1-21-6-5-7-25(14-21)42-13-12-41-35-24-10-11-29(3)23(16-24)8-9-26-27-15-22(2)33(30(27,4)17-28(36)32(26,29)34)31(39-20-40-33)18-37-19-38-31/h5-7,10-11,14,16,22,26-28,36H,8-9,12-13,15,17-20H2,1-4H3/b35-24-/t22-,26-,27-,28-,29-,30-,31?,32-,33+/m0/s1. The van der Waals surface area contributed by atoms with Crippen LogP contribution in [-0.2, 0) is 23.8 Å². The molecule has 2 saturated heterocycles. The van der Waals surface area contributed by atoms with E-state index in [4.69, 9.17) is 23.8 Å². The molecule has 2 aliphatic heterocycles. The first kappa shape index (κ1) is 29.0. The van der Waals surface area contributed by atoms with Gasteiger partial charge in [0.15, 0.2) is 19.3 Å². The molecule has 7 rings (SSSR count). The molecule has 1 aromatic rings. The third-order valence-corrected chi connectivity index (χ3v) is 12.6. The molecule has 0 amide bonds. The lowest BCUT2D eigenvalue weighted by Crippen LogP contribution is -2.71. The number of hydrogen-bond donors (Lipinski definition) is 1. The predicted octanol–water partition coefficient (Wildman–Crippen LogP) is 5.95. The quantitative estimate of drug-likeness (QED) is 0.255.